The molecule has 3 heterocycles. The van der Waals surface area contributed by atoms with E-state index in [2.05, 4.69) is 10.1 Å². The monoisotopic (exact) mass is 571 g/mol. The fraction of sp³-hybridized carbons (Fsp3) is 0.400. The topological polar surface area (TPSA) is 83.5 Å². The molecule has 14 heteroatoms. The number of hydrogen-bond acceptors (Lipinski definition) is 7. The lowest BCUT2D eigenvalue weighted by atomic mass is 9.92. The van der Waals surface area contributed by atoms with E-state index in [4.69, 9.17) is 10.5 Å². The summed E-state index contributed by atoms with van der Waals surface area (Å²) in [4.78, 5) is 19.1. The third-order valence-corrected chi connectivity index (χ3v) is 7.69. The van der Waals surface area contributed by atoms with Crippen LogP contribution in [0.2, 0.25) is 0 Å². The predicted molar refractivity (Wildman–Crippen MR) is 133 cm³/mol. The number of hydrazone groups is 1. The Morgan fingerprint density at radius 2 is 1.97 bits per heavy atom. The standard InChI is InChI=1S/C25H23F6N5O2S/c26-24(27,28)17-3-2-15(19(9-17)25(29,30)31)12-36-20-4-1-14(7-16(20)11-33-36)8-21-22(37)34-23(39-21)35-5-6-38-18(10-32)13-35/h1-4,7-9,11,16,18,20H,5-6,10,12-13,32H2/b21-8-. The molecule has 7 nitrogen and oxygen atoms in total. The first kappa shape index (κ1) is 27.5. The number of rotatable bonds is 4. The molecule has 1 aromatic rings. The van der Waals surface area contributed by atoms with Crippen LogP contribution in [0.3, 0.4) is 0 Å². The molecule has 0 spiro atoms. The molecule has 0 radical (unpaired) electrons. The van der Waals surface area contributed by atoms with Crippen LogP contribution in [0.15, 0.2) is 63.1 Å². The zero-order chi connectivity index (χ0) is 27.9. The average molecular weight is 572 g/mol. The van der Waals surface area contributed by atoms with Gasteiger partial charge in [0.25, 0.3) is 5.91 Å². The van der Waals surface area contributed by atoms with E-state index in [0.717, 1.165) is 6.07 Å². The summed E-state index contributed by atoms with van der Waals surface area (Å²) in [6.45, 7) is 1.65. The molecule has 1 amide bonds. The maximum atomic E-state index is 13.6. The summed E-state index contributed by atoms with van der Waals surface area (Å²) in [5, 5.41) is 6.20. The van der Waals surface area contributed by atoms with Gasteiger partial charge in [0.15, 0.2) is 5.17 Å². The van der Waals surface area contributed by atoms with Crippen LogP contribution in [0, 0.1) is 5.92 Å². The van der Waals surface area contributed by atoms with Crippen LogP contribution in [0.1, 0.15) is 16.7 Å². The van der Waals surface area contributed by atoms with Crippen molar-refractivity contribution in [2.24, 2.45) is 21.7 Å². The van der Waals surface area contributed by atoms with E-state index in [-0.39, 0.29) is 36.1 Å². The van der Waals surface area contributed by atoms with Crippen LogP contribution < -0.4 is 5.73 Å². The van der Waals surface area contributed by atoms with Gasteiger partial charge < -0.3 is 15.4 Å². The lowest BCUT2D eigenvalue weighted by Crippen LogP contribution is -2.47. The van der Waals surface area contributed by atoms with E-state index in [1.54, 1.807) is 24.4 Å². The van der Waals surface area contributed by atoms with E-state index in [9.17, 15) is 31.1 Å². The van der Waals surface area contributed by atoms with E-state index >= 15 is 0 Å². The Kier molecular flexibility index (Phi) is 7.37. The number of benzene rings is 1. The molecule has 0 saturated carbocycles. The number of carbonyl (C=O) groups excluding carboxylic acids is 1. The van der Waals surface area contributed by atoms with Gasteiger partial charge in [0, 0.05) is 31.8 Å². The molecule has 0 aromatic heterocycles. The first-order chi connectivity index (χ1) is 18.4. The maximum absolute atomic E-state index is 13.6. The number of nitrogens with zero attached hydrogens (tertiary/aromatic N) is 4. The lowest BCUT2D eigenvalue weighted by molar-refractivity contribution is -0.143. The lowest BCUT2D eigenvalue weighted by Gasteiger charge is -2.32. The second-order valence-electron chi connectivity index (χ2n) is 9.31. The fourth-order valence-electron chi connectivity index (χ4n) is 4.68. The molecule has 1 aromatic carbocycles. The number of nitrogens with two attached hydrogens (primary N) is 1. The fourth-order valence-corrected chi connectivity index (χ4v) is 5.62. The summed E-state index contributed by atoms with van der Waals surface area (Å²) in [6, 6.07) is 1.20. The molecule has 3 atom stereocenters. The first-order valence-electron chi connectivity index (χ1n) is 12.0. The van der Waals surface area contributed by atoms with Crippen molar-refractivity contribution < 1.29 is 35.9 Å². The molecule has 4 aliphatic rings. The number of hydrogen-bond donors (Lipinski definition) is 1. The van der Waals surface area contributed by atoms with E-state index in [0.29, 0.717) is 48.0 Å². The largest absolute Gasteiger partial charge is 0.416 e. The highest BCUT2D eigenvalue weighted by molar-refractivity contribution is 8.18. The minimum atomic E-state index is -4.96. The minimum absolute atomic E-state index is 0.132. The van der Waals surface area contributed by atoms with Crippen molar-refractivity contribution in [1.29, 1.82) is 0 Å². The number of carbonyl (C=O) groups is 1. The number of amides is 1. The van der Waals surface area contributed by atoms with Crippen molar-refractivity contribution in [2.45, 2.75) is 31.0 Å². The molecule has 1 fully saturated rings. The molecular formula is C25H23F6N5O2S. The van der Waals surface area contributed by atoms with Crippen molar-refractivity contribution >= 4 is 29.1 Å². The summed E-state index contributed by atoms with van der Waals surface area (Å²) in [5.74, 6) is -0.664. The number of ether oxygens (including phenoxy) is 1. The van der Waals surface area contributed by atoms with Crippen molar-refractivity contribution in [3.63, 3.8) is 0 Å². The van der Waals surface area contributed by atoms with Gasteiger partial charge in [-0.25, -0.2) is 0 Å². The third-order valence-electron chi connectivity index (χ3n) is 6.65. The number of fused-ring (bicyclic) bond motifs is 1. The number of alkyl halides is 6. The van der Waals surface area contributed by atoms with Crippen LogP contribution in [0.5, 0.6) is 0 Å². The Balaban J connectivity index is 1.27. The molecule has 3 aliphatic heterocycles. The summed E-state index contributed by atoms with van der Waals surface area (Å²) in [6.07, 6.45) is -1.40. The van der Waals surface area contributed by atoms with Crippen LogP contribution in [-0.4, -0.2) is 65.6 Å². The van der Waals surface area contributed by atoms with Crippen molar-refractivity contribution in [3.8, 4) is 0 Å². The number of morpholine rings is 1. The zero-order valence-corrected chi connectivity index (χ0v) is 21.1. The van der Waals surface area contributed by atoms with Crippen LogP contribution >= 0.6 is 11.8 Å². The minimum Gasteiger partial charge on any atom is -0.373 e. The molecule has 1 aliphatic carbocycles. The Bertz CT molecular complexity index is 1300. The molecular weight excluding hydrogens is 548 g/mol. The second kappa shape index (κ2) is 10.5. The van der Waals surface area contributed by atoms with Gasteiger partial charge in [-0.1, -0.05) is 24.3 Å². The van der Waals surface area contributed by atoms with Crippen molar-refractivity contribution in [3.05, 3.63) is 69.7 Å². The van der Waals surface area contributed by atoms with Gasteiger partial charge in [-0.2, -0.15) is 36.4 Å². The molecule has 208 valence electrons. The van der Waals surface area contributed by atoms with E-state index < -0.39 is 29.5 Å². The first-order valence-corrected chi connectivity index (χ1v) is 12.8. The molecule has 5 rings (SSSR count). The van der Waals surface area contributed by atoms with Gasteiger partial charge >= 0.3 is 12.4 Å². The van der Waals surface area contributed by atoms with E-state index in [1.807, 2.05) is 11.0 Å². The molecule has 3 unspecified atom stereocenters. The summed E-state index contributed by atoms with van der Waals surface area (Å²) < 4.78 is 85.3. The van der Waals surface area contributed by atoms with Gasteiger partial charge in [-0.05, 0) is 41.1 Å². The zero-order valence-electron chi connectivity index (χ0n) is 20.2. The molecule has 2 N–H and O–H groups in total. The summed E-state index contributed by atoms with van der Waals surface area (Å²) in [5.41, 5.74) is 3.38. The second-order valence-corrected chi connectivity index (χ2v) is 10.3. The third kappa shape index (κ3) is 5.92. The average Bonchev–Trinajstić information content (AvgIpc) is 3.45. The highest BCUT2D eigenvalue weighted by atomic mass is 32.2. The smallest absolute Gasteiger partial charge is 0.373 e. The van der Waals surface area contributed by atoms with Crippen molar-refractivity contribution in [2.75, 3.05) is 26.2 Å². The number of aliphatic imine (C=N–C) groups is 1. The Labute approximate surface area is 223 Å². The maximum Gasteiger partial charge on any atom is 0.416 e. The summed E-state index contributed by atoms with van der Waals surface area (Å²) in [7, 11) is 0. The van der Waals surface area contributed by atoms with Crippen LogP contribution in [-0.2, 0) is 28.4 Å². The van der Waals surface area contributed by atoms with Crippen LogP contribution in [0.4, 0.5) is 26.3 Å². The van der Waals surface area contributed by atoms with Gasteiger partial charge in [0.1, 0.15) is 0 Å². The van der Waals surface area contributed by atoms with Crippen molar-refractivity contribution in [1.82, 2.24) is 9.91 Å². The number of allylic oxidation sites excluding steroid dienone is 3. The molecule has 0 bridgehead atoms. The number of amidine groups is 1. The van der Waals surface area contributed by atoms with Crippen LogP contribution in [0.25, 0.3) is 0 Å². The molecule has 1 saturated heterocycles. The van der Waals surface area contributed by atoms with Gasteiger partial charge in [-0.15, -0.1) is 0 Å². The van der Waals surface area contributed by atoms with Gasteiger partial charge in [-0.3, -0.25) is 9.80 Å². The highest BCUT2D eigenvalue weighted by Crippen LogP contribution is 2.39. The quantitative estimate of drug-likeness (QED) is 0.432. The van der Waals surface area contributed by atoms with E-state index in [1.165, 1.54) is 16.8 Å². The SMILES string of the molecule is NCC1CN(C2=NC(=O)/C(=C/C3=CC4C=NN(Cc5ccc(C(F)(F)F)cc5C(F)(F)F)C4C=C3)S2)CCO1. The normalized spacial score (nSPS) is 26.4. The Morgan fingerprint density at radius 1 is 1.18 bits per heavy atom. The van der Waals surface area contributed by atoms with Gasteiger partial charge in [0.2, 0.25) is 0 Å². The Morgan fingerprint density at radius 3 is 2.69 bits per heavy atom. The Hall–Kier alpha value is -3.10. The van der Waals surface area contributed by atoms with Gasteiger partial charge in [0.05, 0.1) is 41.3 Å². The highest BCUT2D eigenvalue weighted by Gasteiger charge is 2.39. The molecule has 39 heavy (non-hydrogen) atoms. The number of halogens is 6. The predicted octanol–water partition coefficient (Wildman–Crippen LogP) is 4.18. The summed E-state index contributed by atoms with van der Waals surface area (Å²) >= 11 is 1.25. The number of thioether (sulfide) groups is 1.